The van der Waals surface area contributed by atoms with Crippen molar-refractivity contribution in [1.29, 1.82) is 0 Å². The number of ether oxygens (including phenoxy) is 1. The Morgan fingerprint density at radius 3 is 2.94 bits per heavy atom. The maximum Gasteiger partial charge on any atom is 0.238 e. The molecule has 0 bridgehead atoms. The molecule has 1 aliphatic carbocycles. The van der Waals surface area contributed by atoms with E-state index in [0.29, 0.717) is 12.5 Å². The first-order chi connectivity index (χ1) is 7.54. The predicted molar refractivity (Wildman–Crippen MR) is 61.3 cm³/mol. The van der Waals surface area contributed by atoms with E-state index in [1.165, 1.54) is 0 Å². The number of ketones is 1. The molecule has 0 amide bonds. The molecule has 2 N–H and O–H groups in total. The van der Waals surface area contributed by atoms with Crippen molar-refractivity contribution in [2.24, 2.45) is 0 Å². The monoisotopic (exact) mass is 222 g/mol. The zero-order valence-electron chi connectivity index (χ0n) is 9.96. The molecule has 2 aliphatic rings. The van der Waals surface area contributed by atoms with Gasteiger partial charge < -0.3 is 10.1 Å². The summed E-state index contributed by atoms with van der Waals surface area (Å²) in [6.45, 7) is 6.19. The molecule has 1 atom stereocenters. The first-order valence-corrected chi connectivity index (χ1v) is 5.73. The standard InChI is InChI=1S/C12H18N2O2/c1-4-12(13-8(2)3)14-10-6-5-9(15)7-11(10)16-12/h5-6,8,13-14H,4,7H2,1-3H3. The summed E-state index contributed by atoms with van der Waals surface area (Å²) < 4.78 is 5.87. The van der Waals surface area contributed by atoms with E-state index in [-0.39, 0.29) is 5.78 Å². The molecule has 0 saturated carbocycles. The minimum atomic E-state index is -0.548. The van der Waals surface area contributed by atoms with Gasteiger partial charge in [0.15, 0.2) is 5.78 Å². The summed E-state index contributed by atoms with van der Waals surface area (Å²) in [6.07, 6.45) is 4.54. The largest absolute Gasteiger partial charge is 0.457 e. The molecule has 0 radical (unpaired) electrons. The fraction of sp³-hybridized carbons (Fsp3) is 0.583. The van der Waals surface area contributed by atoms with Crippen molar-refractivity contribution in [3.05, 3.63) is 23.6 Å². The molecule has 0 saturated heterocycles. The van der Waals surface area contributed by atoms with E-state index in [1.807, 2.05) is 6.92 Å². The van der Waals surface area contributed by atoms with Gasteiger partial charge in [-0.1, -0.05) is 6.92 Å². The quantitative estimate of drug-likeness (QED) is 0.758. The lowest BCUT2D eigenvalue weighted by atomic mass is 10.1. The molecule has 1 aliphatic heterocycles. The number of carbonyl (C=O) groups is 1. The van der Waals surface area contributed by atoms with Gasteiger partial charge in [0, 0.05) is 12.5 Å². The second-order valence-corrected chi connectivity index (χ2v) is 4.52. The van der Waals surface area contributed by atoms with Crippen LogP contribution in [0.5, 0.6) is 0 Å². The van der Waals surface area contributed by atoms with Crippen molar-refractivity contribution in [3.63, 3.8) is 0 Å². The smallest absolute Gasteiger partial charge is 0.238 e. The molecule has 0 aromatic heterocycles. The molecule has 88 valence electrons. The zero-order chi connectivity index (χ0) is 11.8. The summed E-state index contributed by atoms with van der Waals surface area (Å²) in [5.74, 6) is 0.299. The lowest BCUT2D eigenvalue weighted by molar-refractivity contribution is -0.115. The van der Waals surface area contributed by atoms with Crippen LogP contribution in [0.2, 0.25) is 0 Å². The van der Waals surface area contributed by atoms with Crippen molar-refractivity contribution in [3.8, 4) is 0 Å². The molecular formula is C12H18N2O2. The van der Waals surface area contributed by atoms with Gasteiger partial charge in [-0.2, -0.15) is 0 Å². The molecule has 0 aromatic rings. The lowest BCUT2D eigenvalue weighted by Gasteiger charge is -2.32. The molecule has 0 aromatic carbocycles. The van der Waals surface area contributed by atoms with Crippen molar-refractivity contribution in [1.82, 2.24) is 10.6 Å². The maximum atomic E-state index is 11.3. The van der Waals surface area contributed by atoms with Crippen LogP contribution in [-0.4, -0.2) is 17.7 Å². The van der Waals surface area contributed by atoms with E-state index < -0.39 is 5.85 Å². The number of carbonyl (C=O) groups excluding carboxylic acids is 1. The number of hydrogen-bond donors (Lipinski definition) is 2. The molecule has 1 unspecified atom stereocenters. The molecule has 2 rings (SSSR count). The van der Waals surface area contributed by atoms with Crippen LogP contribution in [0.25, 0.3) is 0 Å². The molecular weight excluding hydrogens is 204 g/mol. The van der Waals surface area contributed by atoms with Gasteiger partial charge in [-0.25, -0.2) is 0 Å². The number of rotatable bonds is 3. The van der Waals surface area contributed by atoms with Crippen LogP contribution in [0.1, 0.15) is 33.6 Å². The van der Waals surface area contributed by atoms with Crippen LogP contribution >= 0.6 is 0 Å². The molecule has 1 heterocycles. The van der Waals surface area contributed by atoms with Crippen LogP contribution in [0, 0.1) is 0 Å². The van der Waals surface area contributed by atoms with Crippen LogP contribution < -0.4 is 10.6 Å². The van der Waals surface area contributed by atoms with Crippen molar-refractivity contribution in [2.45, 2.75) is 45.5 Å². The summed E-state index contributed by atoms with van der Waals surface area (Å²) in [4.78, 5) is 11.3. The highest BCUT2D eigenvalue weighted by Crippen LogP contribution is 2.30. The molecule has 16 heavy (non-hydrogen) atoms. The Kier molecular flexibility index (Phi) is 2.76. The average Bonchev–Trinajstić information content (AvgIpc) is 2.54. The van der Waals surface area contributed by atoms with Gasteiger partial charge in [0.25, 0.3) is 0 Å². The Morgan fingerprint density at radius 2 is 2.31 bits per heavy atom. The minimum absolute atomic E-state index is 0.0944. The van der Waals surface area contributed by atoms with Crippen LogP contribution in [-0.2, 0) is 9.53 Å². The minimum Gasteiger partial charge on any atom is -0.457 e. The first-order valence-electron chi connectivity index (χ1n) is 5.73. The van der Waals surface area contributed by atoms with Crippen LogP contribution in [0.15, 0.2) is 23.6 Å². The van der Waals surface area contributed by atoms with Gasteiger partial charge >= 0.3 is 0 Å². The molecule has 0 spiro atoms. The van der Waals surface area contributed by atoms with Crippen molar-refractivity contribution >= 4 is 5.78 Å². The Morgan fingerprint density at radius 1 is 1.56 bits per heavy atom. The summed E-state index contributed by atoms with van der Waals surface area (Å²) in [5.41, 5.74) is 0.926. The highest BCUT2D eigenvalue weighted by Gasteiger charge is 2.39. The molecule has 4 nitrogen and oxygen atoms in total. The Bertz CT molecular complexity index is 371. The predicted octanol–water partition coefficient (Wildman–Crippen LogP) is 1.41. The van der Waals surface area contributed by atoms with E-state index in [9.17, 15) is 4.79 Å². The lowest BCUT2D eigenvalue weighted by Crippen LogP contribution is -2.56. The SMILES string of the molecule is CCC1(NC(C)C)NC2=C(CC(=O)C=C2)O1. The Hall–Kier alpha value is -1.29. The topological polar surface area (TPSA) is 50.4 Å². The summed E-state index contributed by atoms with van der Waals surface area (Å²) in [5, 5.41) is 6.67. The molecule has 4 heteroatoms. The average molecular weight is 222 g/mol. The van der Waals surface area contributed by atoms with E-state index in [0.717, 1.165) is 17.9 Å². The van der Waals surface area contributed by atoms with Crippen LogP contribution in [0.4, 0.5) is 0 Å². The van der Waals surface area contributed by atoms with E-state index in [4.69, 9.17) is 4.74 Å². The summed E-state index contributed by atoms with van der Waals surface area (Å²) in [6, 6.07) is 0.313. The van der Waals surface area contributed by atoms with Gasteiger partial charge in [-0.05, 0) is 26.0 Å². The van der Waals surface area contributed by atoms with Gasteiger partial charge in [0.05, 0.1) is 12.1 Å². The van der Waals surface area contributed by atoms with E-state index >= 15 is 0 Å². The zero-order valence-corrected chi connectivity index (χ0v) is 9.96. The van der Waals surface area contributed by atoms with Gasteiger partial charge in [0.1, 0.15) is 5.76 Å². The molecule has 0 fully saturated rings. The highest BCUT2D eigenvalue weighted by molar-refractivity contribution is 5.93. The van der Waals surface area contributed by atoms with Crippen molar-refractivity contribution < 1.29 is 9.53 Å². The fourth-order valence-electron chi connectivity index (χ4n) is 2.03. The van der Waals surface area contributed by atoms with Gasteiger partial charge in [-0.15, -0.1) is 0 Å². The third-order valence-electron chi connectivity index (χ3n) is 2.72. The van der Waals surface area contributed by atoms with E-state index in [2.05, 4.69) is 24.5 Å². The summed E-state index contributed by atoms with van der Waals surface area (Å²) >= 11 is 0. The third kappa shape index (κ3) is 1.97. The third-order valence-corrected chi connectivity index (χ3v) is 2.72. The number of hydrogen-bond acceptors (Lipinski definition) is 4. The number of nitrogens with one attached hydrogen (secondary N) is 2. The Balaban J connectivity index is 2.14. The second kappa shape index (κ2) is 3.94. The number of allylic oxidation sites excluding steroid dienone is 3. The summed E-state index contributed by atoms with van der Waals surface area (Å²) in [7, 11) is 0. The normalized spacial score (nSPS) is 28.1. The van der Waals surface area contributed by atoms with E-state index in [1.54, 1.807) is 12.2 Å². The second-order valence-electron chi connectivity index (χ2n) is 4.52. The maximum absolute atomic E-state index is 11.3. The highest BCUT2D eigenvalue weighted by atomic mass is 16.5. The fourth-order valence-corrected chi connectivity index (χ4v) is 2.03. The van der Waals surface area contributed by atoms with Crippen molar-refractivity contribution in [2.75, 3.05) is 0 Å². The van der Waals surface area contributed by atoms with Crippen LogP contribution in [0.3, 0.4) is 0 Å². The first kappa shape index (κ1) is 11.2. The van der Waals surface area contributed by atoms with Gasteiger partial charge in [0.2, 0.25) is 5.85 Å². The van der Waals surface area contributed by atoms with Gasteiger partial charge in [-0.3, -0.25) is 10.1 Å². The Labute approximate surface area is 95.7 Å².